The first-order chi connectivity index (χ1) is 14.1. The monoisotopic (exact) mass is 399 g/mol. The quantitative estimate of drug-likeness (QED) is 0.794. The van der Waals surface area contributed by atoms with Gasteiger partial charge in [0.15, 0.2) is 0 Å². The zero-order chi connectivity index (χ0) is 20.6. The summed E-state index contributed by atoms with van der Waals surface area (Å²) < 4.78 is 10.2. The number of methoxy groups -OCH3 is 1. The summed E-state index contributed by atoms with van der Waals surface area (Å²) in [7, 11) is 1.63. The van der Waals surface area contributed by atoms with Crippen LogP contribution in [0.25, 0.3) is 0 Å². The maximum atomic E-state index is 12.8. The average Bonchev–Trinajstić information content (AvgIpc) is 2.78. The van der Waals surface area contributed by atoms with E-state index in [0.29, 0.717) is 50.8 Å². The van der Waals surface area contributed by atoms with Gasteiger partial charge in [0.25, 0.3) is 5.91 Å². The largest absolute Gasteiger partial charge is 0.497 e. The Morgan fingerprint density at radius 2 is 1.76 bits per heavy atom. The van der Waals surface area contributed by atoms with Crippen molar-refractivity contribution in [1.82, 2.24) is 19.8 Å². The van der Waals surface area contributed by atoms with Crippen LogP contribution >= 0.6 is 0 Å². The van der Waals surface area contributed by atoms with Crippen LogP contribution in [-0.4, -0.2) is 71.7 Å². The second-order valence-corrected chi connectivity index (χ2v) is 6.47. The van der Waals surface area contributed by atoms with E-state index in [2.05, 4.69) is 15.3 Å². The molecule has 0 atom stereocenters. The summed E-state index contributed by atoms with van der Waals surface area (Å²) in [4.78, 5) is 36.1. The van der Waals surface area contributed by atoms with Gasteiger partial charge in [0.1, 0.15) is 23.6 Å². The van der Waals surface area contributed by atoms with E-state index in [1.165, 1.54) is 6.33 Å². The van der Waals surface area contributed by atoms with Crippen molar-refractivity contribution in [3.05, 3.63) is 47.9 Å². The van der Waals surface area contributed by atoms with Crippen molar-refractivity contribution in [2.75, 3.05) is 45.2 Å². The molecule has 1 saturated heterocycles. The first-order valence-electron chi connectivity index (χ1n) is 9.50. The van der Waals surface area contributed by atoms with Gasteiger partial charge in [0, 0.05) is 38.8 Å². The summed E-state index contributed by atoms with van der Waals surface area (Å²) in [6, 6.07) is 9.34. The molecule has 0 aliphatic carbocycles. The molecule has 1 fully saturated rings. The van der Waals surface area contributed by atoms with Gasteiger partial charge < -0.3 is 24.6 Å². The van der Waals surface area contributed by atoms with Crippen molar-refractivity contribution >= 4 is 17.8 Å². The fourth-order valence-electron chi connectivity index (χ4n) is 2.98. The minimum Gasteiger partial charge on any atom is -0.497 e. The van der Waals surface area contributed by atoms with E-state index in [1.807, 2.05) is 24.3 Å². The Hall–Kier alpha value is -3.36. The zero-order valence-corrected chi connectivity index (χ0v) is 16.6. The van der Waals surface area contributed by atoms with Crippen LogP contribution in [0.5, 0.6) is 5.75 Å². The number of nitrogens with one attached hydrogen (secondary N) is 1. The Labute approximate surface area is 169 Å². The van der Waals surface area contributed by atoms with E-state index in [4.69, 9.17) is 9.47 Å². The van der Waals surface area contributed by atoms with E-state index in [1.54, 1.807) is 29.9 Å². The van der Waals surface area contributed by atoms with Gasteiger partial charge in [-0.2, -0.15) is 0 Å². The second kappa shape index (κ2) is 9.72. The van der Waals surface area contributed by atoms with Crippen LogP contribution in [-0.2, 0) is 11.3 Å². The summed E-state index contributed by atoms with van der Waals surface area (Å²) in [5.74, 6) is 1.19. The number of ether oxygens (including phenoxy) is 2. The number of nitrogens with zero attached hydrogens (tertiary/aromatic N) is 4. The molecule has 9 heteroatoms. The number of aromatic nitrogens is 2. The Balaban J connectivity index is 1.56. The summed E-state index contributed by atoms with van der Waals surface area (Å²) in [5.41, 5.74) is 1.38. The van der Waals surface area contributed by atoms with Crippen molar-refractivity contribution < 1.29 is 19.1 Å². The SMILES string of the molecule is CCOC(=O)N1CCN(C(=O)c2cc(NCc3ccc(OC)cc3)ncn2)CC1. The maximum absolute atomic E-state index is 12.8. The molecule has 0 unspecified atom stereocenters. The third-order valence-corrected chi connectivity index (χ3v) is 4.61. The van der Waals surface area contributed by atoms with Gasteiger partial charge in [0.05, 0.1) is 13.7 Å². The van der Waals surface area contributed by atoms with Gasteiger partial charge in [-0.05, 0) is 24.6 Å². The summed E-state index contributed by atoms with van der Waals surface area (Å²) in [6.07, 6.45) is 1.03. The minimum absolute atomic E-state index is 0.177. The molecule has 0 saturated carbocycles. The number of carbonyl (C=O) groups is 2. The van der Waals surface area contributed by atoms with Crippen LogP contribution in [0, 0.1) is 0 Å². The number of hydrogen-bond acceptors (Lipinski definition) is 7. The summed E-state index contributed by atoms with van der Waals surface area (Å²) in [5, 5.41) is 3.20. The third-order valence-electron chi connectivity index (χ3n) is 4.61. The number of benzene rings is 1. The molecule has 0 radical (unpaired) electrons. The predicted molar refractivity (Wildman–Crippen MR) is 107 cm³/mol. The molecule has 2 aromatic rings. The summed E-state index contributed by atoms with van der Waals surface area (Å²) in [6.45, 7) is 4.44. The van der Waals surface area contributed by atoms with Crippen LogP contribution in [0.4, 0.5) is 10.6 Å². The molecular formula is C20H25N5O4. The molecule has 1 aliphatic rings. The van der Waals surface area contributed by atoms with Crippen LogP contribution in [0.3, 0.4) is 0 Å². The lowest BCUT2D eigenvalue weighted by molar-refractivity contribution is 0.0566. The lowest BCUT2D eigenvalue weighted by atomic mass is 10.2. The average molecular weight is 399 g/mol. The zero-order valence-electron chi connectivity index (χ0n) is 16.6. The van der Waals surface area contributed by atoms with E-state index in [0.717, 1.165) is 11.3 Å². The fourth-order valence-corrected chi connectivity index (χ4v) is 2.98. The molecule has 154 valence electrons. The van der Waals surface area contributed by atoms with Gasteiger partial charge in [-0.1, -0.05) is 12.1 Å². The van der Waals surface area contributed by atoms with Crippen LogP contribution in [0.2, 0.25) is 0 Å². The van der Waals surface area contributed by atoms with E-state index < -0.39 is 0 Å². The molecule has 2 heterocycles. The predicted octanol–water partition coefficient (Wildman–Crippen LogP) is 2.01. The highest BCUT2D eigenvalue weighted by Gasteiger charge is 2.26. The third kappa shape index (κ3) is 5.34. The van der Waals surface area contributed by atoms with E-state index in [-0.39, 0.29) is 12.0 Å². The Kier molecular flexibility index (Phi) is 6.83. The van der Waals surface area contributed by atoms with Gasteiger partial charge in [0.2, 0.25) is 0 Å². The van der Waals surface area contributed by atoms with Crippen LogP contribution in [0.15, 0.2) is 36.7 Å². The first-order valence-corrected chi connectivity index (χ1v) is 9.50. The molecule has 1 aliphatic heterocycles. The molecule has 1 aromatic heterocycles. The van der Waals surface area contributed by atoms with Gasteiger partial charge in [-0.3, -0.25) is 4.79 Å². The number of hydrogen-bond donors (Lipinski definition) is 1. The van der Waals surface area contributed by atoms with Gasteiger partial charge in [-0.15, -0.1) is 0 Å². The number of carbonyl (C=O) groups excluding carboxylic acids is 2. The number of amides is 2. The normalized spacial score (nSPS) is 13.7. The highest BCUT2D eigenvalue weighted by Crippen LogP contribution is 2.14. The second-order valence-electron chi connectivity index (χ2n) is 6.47. The van der Waals surface area contributed by atoms with Crippen molar-refractivity contribution in [1.29, 1.82) is 0 Å². The molecule has 29 heavy (non-hydrogen) atoms. The van der Waals surface area contributed by atoms with Gasteiger partial charge >= 0.3 is 6.09 Å². The molecule has 1 aromatic carbocycles. The lowest BCUT2D eigenvalue weighted by Gasteiger charge is -2.33. The van der Waals surface area contributed by atoms with Crippen molar-refractivity contribution in [3.63, 3.8) is 0 Å². The summed E-state index contributed by atoms with van der Waals surface area (Å²) >= 11 is 0. The van der Waals surface area contributed by atoms with Crippen LogP contribution < -0.4 is 10.1 Å². The molecule has 2 amide bonds. The minimum atomic E-state index is -0.341. The molecule has 3 rings (SSSR count). The lowest BCUT2D eigenvalue weighted by Crippen LogP contribution is -2.50. The molecule has 0 bridgehead atoms. The first kappa shape index (κ1) is 20.4. The van der Waals surface area contributed by atoms with Crippen molar-refractivity contribution in [3.8, 4) is 5.75 Å². The van der Waals surface area contributed by atoms with Gasteiger partial charge in [-0.25, -0.2) is 14.8 Å². The van der Waals surface area contributed by atoms with Crippen molar-refractivity contribution in [2.24, 2.45) is 0 Å². The number of anilines is 1. The highest BCUT2D eigenvalue weighted by molar-refractivity contribution is 5.93. The molecular weight excluding hydrogens is 374 g/mol. The standard InChI is InChI=1S/C20H25N5O4/c1-3-29-20(27)25-10-8-24(9-11-25)19(26)17-12-18(23-14-22-17)21-13-15-4-6-16(28-2)7-5-15/h4-7,12,14H,3,8-11,13H2,1-2H3,(H,21,22,23). The molecule has 1 N–H and O–H groups in total. The number of rotatable bonds is 6. The fraction of sp³-hybridized carbons (Fsp3) is 0.400. The van der Waals surface area contributed by atoms with Crippen LogP contribution in [0.1, 0.15) is 23.0 Å². The smallest absolute Gasteiger partial charge is 0.409 e. The highest BCUT2D eigenvalue weighted by atomic mass is 16.6. The topological polar surface area (TPSA) is 96.9 Å². The maximum Gasteiger partial charge on any atom is 0.409 e. The molecule has 9 nitrogen and oxygen atoms in total. The Morgan fingerprint density at radius 3 is 2.41 bits per heavy atom. The Bertz CT molecular complexity index is 835. The van der Waals surface area contributed by atoms with E-state index in [9.17, 15) is 9.59 Å². The number of piperazine rings is 1. The Morgan fingerprint density at radius 1 is 1.07 bits per heavy atom. The van der Waals surface area contributed by atoms with E-state index >= 15 is 0 Å². The molecule has 0 spiro atoms. The van der Waals surface area contributed by atoms with Crippen molar-refractivity contribution in [2.45, 2.75) is 13.5 Å².